The number of nitrogens with zero attached hydrogens (tertiary/aromatic N) is 1. The second-order valence-corrected chi connectivity index (χ2v) is 6.08. The van der Waals surface area contributed by atoms with Crippen molar-refractivity contribution in [2.75, 3.05) is 34.9 Å². The summed E-state index contributed by atoms with van der Waals surface area (Å²) in [5.41, 5.74) is 3.39. The van der Waals surface area contributed by atoms with Crippen LogP contribution in [0.5, 0.6) is 17.2 Å². The largest absolute Gasteiger partial charge is 0.497 e. The number of benzene rings is 2. The number of aryl methyl sites for hydroxylation is 1. The van der Waals surface area contributed by atoms with Crippen LogP contribution in [0.25, 0.3) is 0 Å². The standard InChI is InChI=1S/C21H29N3O3/c1-15-6-7-16(12-19(15)26-4)10-11-23-21(22-2)24-14-17-8-9-18(25-3)13-20(17)27-5/h6-9,12-13H,10-11,14H2,1-5H3,(H2,22,23,24). The Hall–Kier alpha value is -2.89. The molecule has 0 amide bonds. The average molecular weight is 371 g/mol. The van der Waals surface area contributed by atoms with Gasteiger partial charge in [-0.05, 0) is 42.7 Å². The Morgan fingerprint density at radius 2 is 1.70 bits per heavy atom. The van der Waals surface area contributed by atoms with Gasteiger partial charge in [0.2, 0.25) is 0 Å². The van der Waals surface area contributed by atoms with Crippen LogP contribution in [0.1, 0.15) is 16.7 Å². The fourth-order valence-electron chi connectivity index (χ4n) is 2.74. The van der Waals surface area contributed by atoms with Crippen molar-refractivity contribution in [3.05, 3.63) is 53.1 Å². The Bertz CT molecular complexity index is 775. The third-order valence-electron chi connectivity index (χ3n) is 4.34. The molecule has 0 aliphatic carbocycles. The van der Waals surface area contributed by atoms with Crippen LogP contribution in [-0.4, -0.2) is 40.9 Å². The van der Waals surface area contributed by atoms with Crippen LogP contribution in [0.4, 0.5) is 0 Å². The van der Waals surface area contributed by atoms with Crippen molar-refractivity contribution in [3.63, 3.8) is 0 Å². The number of aliphatic imine (C=N–C) groups is 1. The molecule has 0 bridgehead atoms. The summed E-state index contributed by atoms with van der Waals surface area (Å²) in [5, 5.41) is 6.64. The molecule has 0 radical (unpaired) electrons. The molecule has 0 atom stereocenters. The monoisotopic (exact) mass is 371 g/mol. The summed E-state index contributed by atoms with van der Waals surface area (Å²) in [6.07, 6.45) is 0.878. The third kappa shape index (κ3) is 5.81. The van der Waals surface area contributed by atoms with Crippen LogP contribution in [0, 0.1) is 6.92 Å². The van der Waals surface area contributed by atoms with Crippen LogP contribution in [0.3, 0.4) is 0 Å². The fraction of sp³-hybridized carbons (Fsp3) is 0.381. The predicted octanol–water partition coefficient (Wildman–Crippen LogP) is 2.93. The second kappa shape index (κ2) is 10.3. The molecule has 2 aromatic rings. The Morgan fingerprint density at radius 1 is 0.926 bits per heavy atom. The number of hydrogen-bond acceptors (Lipinski definition) is 4. The van der Waals surface area contributed by atoms with Crippen molar-refractivity contribution in [2.45, 2.75) is 19.9 Å². The maximum absolute atomic E-state index is 5.43. The van der Waals surface area contributed by atoms with Crippen LogP contribution in [0.15, 0.2) is 41.4 Å². The van der Waals surface area contributed by atoms with Crippen molar-refractivity contribution in [1.82, 2.24) is 10.6 Å². The zero-order valence-electron chi connectivity index (χ0n) is 16.8. The maximum Gasteiger partial charge on any atom is 0.191 e. The van der Waals surface area contributed by atoms with Crippen molar-refractivity contribution in [2.24, 2.45) is 4.99 Å². The van der Waals surface area contributed by atoms with E-state index in [0.717, 1.165) is 47.3 Å². The molecular formula is C21H29N3O3. The highest BCUT2D eigenvalue weighted by Crippen LogP contribution is 2.24. The first-order chi connectivity index (χ1) is 13.1. The molecule has 0 spiro atoms. The highest BCUT2D eigenvalue weighted by molar-refractivity contribution is 5.79. The third-order valence-corrected chi connectivity index (χ3v) is 4.34. The zero-order chi connectivity index (χ0) is 19.6. The van der Waals surface area contributed by atoms with Crippen LogP contribution in [0.2, 0.25) is 0 Å². The molecular weight excluding hydrogens is 342 g/mol. The molecule has 0 saturated carbocycles. The van der Waals surface area contributed by atoms with E-state index >= 15 is 0 Å². The quantitative estimate of drug-likeness (QED) is 0.552. The van der Waals surface area contributed by atoms with E-state index in [1.807, 2.05) is 25.1 Å². The van der Waals surface area contributed by atoms with Gasteiger partial charge in [0.15, 0.2) is 5.96 Å². The number of ether oxygens (including phenoxy) is 3. The molecule has 2 N–H and O–H groups in total. The summed E-state index contributed by atoms with van der Waals surface area (Å²) < 4.78 is 16.0. The van der Waals surface area contributed by atoms with Gasteiger partial charge in [-0.3, -0.25) is 4.99 Å². The summed E-state index contributed by atoms with van der Waals surface area (Å²) in [5.74, 6) is 3.21. The molecule has 2 rings (SSSR count). The van der Waals surface area contributed by atoms with Crippen molar-refractivity contribution in [1.29, 1.82) is 0 Å². The lowest BCUT2D eigenvalue weighted by molar-refractivity contribution is 0.390. The summed E-state index contributed by atoms with van der Waals surface area (Å²) >= 11 is 0. The normalized spacial score (nSPS) is 11.1. The topological polar surface area (TPSA) is 64.1 Å². The first-order valence-electron chi connectivity index (χ1n) is 8.90. The molecule has 0 unspecified atom stereocenters. The van der Waals surface area contributed by atoms with Crippen molar-refractivity contribution >= 4 is 5.96 Å². The molecule has 6 nitrogen and oxygen atoms in total. The first kappa shape index (κ1) is 20.4. The second-order valence-electron chi connectivity index (χ2n) is 6.08. The smallest absolute Gasteiger partial charge is 0.191 e. The van der Waals surface area contributed by atoms with Crippen molar-refractivity contribution < 1.29 is 14.2 Å². The fourth-order valence-corrected chi connectivity index (χ4v) is 2.74. The van der Waals surface area contributed by atoms with Gasteiger partial charge in [-0.2, -0.15) is 0 Å². The summed E-state index contributed by atoms with van der Waals surface area (Å²) in [6, 6.07) is 12.1. The molecule has 0 heterocycles. The molecule has 27 heavy (non-hydrogen) atoms. The van der Waals surface area contributed by atoms with E-state index in [1.165, 1.54) is 5.56 Å². The van der Waals surface area contributed by atoms with Gasteiger partial charge in [-0.25, -0.2) is 0 Å². The predicted molar refractivity (Wildman–Crippen MR) is 109 cm³/mol. The van der Waals surface area contributed by atoms with Crippen LogP contribution < -0.4 is 24.8 Å². The SMILES string of the molecule is CN=C(NCCc1ccc(C)c(OC)c1)NCc1ccc(OC)cc1OC. The van der Waals surface area contributed by atoms with Gasteiger partial charge in [0.1, 0.15) is 17.2 Å². The molecule has 0 saturated heterocycles. The maximum atomic E-state index is 5.43. The van der Waals surface area contributed by atoms with Crippen LogP contribution in [-0.2, 0) is 13.0 Å². The molecule has 0 aromatic heterocycles. The van der Waals surface area contributed by atoms with Gasteiger partial charge in [-0.1, -0.05) is 12.1 Å². The van der Waals surface area contributed by atoms with Gasteiger partial charge >= 0.3 is 0 Å². The molecule has 0 aliphatic rings. The lowest BCUT2D eigenvalue weighted by Gasteiger charge is -2.15. The van der Waals surface area contributed by atoms with E-state index in [9.17, 15) is 0 Å². The highest BCUT2D eigenvalue weighted by atomic mass is 16.5. The number of rotatable bonds is 8. The van der Waals surface area contributed by atoms with Gasteiger partial charge in [0.25, 0.3) is 0 Å². The van der Waals surface area contributed by atoms with E-state index in [4.69, 9.17) is 14.2 Å². The zero-order valence-corrected chi connectivity index (χ0v) is 16.8. The Balaban J connectivity index is 1.88. The lowest BCUT2D eigenvalue weighted by atomic mass is 10.1. The summed E-state index contributed by atoms with van der Waals surface area (Å²) in [6.45, 7) is 3.41. The minimum atomic E-state index is 0.602. The van der Waals surface area contributed by atoms with Gasteiger partial charge in [0.05, 0.1) is 21.3 Å². The Kier molecular flexibility index (Phi) is 7.79. The lowest BCUT2D eigenvalue weighted by Crippen LogP contribution is -2.37. The molecule has 146 valence electrons. The number of hydrogen-bond donors (Lipinski definition) is 2. The number of nitrogens with one attached hydrogen (secondary N) is 2. The highest BCUT2D eigenvalue weighted by Gasteiger charge is 2.06. The van der Waals surface area contributed by atoms with E-state index in [0.29, 0.717) is 6.54 Å². The Labute approximate surface area is 161 Å². The average Bonchev–Trinajstić information content (AvgIpc) is 2.71. The summed E-state index contributed by atoms with van der Waals surface area (Å²) in [7, 11) is 6.75. The Morgan fingerprint density at radius 3 is 2.37 bits per heavy atom. The minimum Gasteiger partial charge on any atom is -0.497 e. The van der Waals surface area contributed by atoms with Gasteiger partial charge < -0.3 is 24.8 Å². The van der Waals surface area contributed by atoms with Crippen LogP contribution >= 0.6 is 0 Å². The van der Waals surface area contributed by atoms with Crippen molar-refractivity contribution in [3.8, 4) is 17.2 Å². The van der Waals surface area contributed by atoms with Gasteiger partial charge in [-0.15, -0.1) is 0 Å². The minimum absolute atomic E-state index is 0.602. The van der Waals surface area contributed by atoms with E-state index in [2.05, 4.69) is 33.8 Å². The number of methoxy groups -OCH3 is 3. The summed E-state index contributed by atoms with van der Waals surface area (Å²) in [4.78, 5) is 4.28. The van der Waals surface area contributed by atoms with E-state index in [1.54, 1.807) is 28.4 Å². The molecule has 0 aliphatic heterocycles. The van der Waals surface area contributed by atoms with Gasteiger partial charge in [0, 0.05) is 31.8 Å². The molecule has 0 fully saturated rings. The van der Waals surface area contributed by atoms with E-state index in [-0.39, 0.29) is 0 Å². The first-order valence-corrected chi connectivity index (χ1v) is 8.90. The molecule has 2 aromatic carbocycles. The number of guanidine groups is 1. The van der Waals surface area contributed by atoms with E-state index < -0.39 is 0 Å². The molecule has 6 heteroatoms.